The van der Waals surface area contributed by atoms with Crippen molar-refractivity contribution in [1.29, 1.82) is 0 Å². The number of benzene rings is 2. The van der Waals surface area contributed by atoms with Gasteiger partial charge in [-0.3, -0.25) is 0 Å². The van der Waals surface area contributed by atoms with Crippen molar-refractivity contribution in [2.45, 2.75) is 6.10 Å². The fourth-order valence-corrected chi connectivity index (χ4v) is 2.34. The van der Waals surface area contributed by atoms with Gasteiger partial charge in [0.1, 0.15) is 23.5 Å². The average Bonchev–Trinajstić information content (AvgIpc) is 2.36. The summed E-state index contributed by atoms with van der Waals surface area (Å²) in [5.41, 5.74) is 0.673. The highest BCUT2D eigenvalue weighted by atomic mass is 79.9. The van der Waals surface area contributed by atoms with Crippen LogP contribution in [0.25, 0.3) is 0 Å². The number of rotatable bonds is 3. The van der Waals surface area contributed by atoms with Crippen LogP contribution >= 0.6 is 15.9 Å². The molecule has 0 bridgehead atoms. The van der Waals surface area contributed by atoms with Crippen LogP contribution in [0.5, 0.6) is 5.75 Å². The van der Waals surface area contributed by atoms with Crippen molar-refractivity contribution in [3.05, 3.63) is 63.6 Å². The molecule has 1 N–H and O–H groups in total. The topological polar surface area (TPSA) is 29.5 Å². The molecule has 2 aromatic rings. The Kier molecular flexibility index (Phi) is 4.17. The van der Waals surface area contributed by atoms with E-state index in [4.69, 9.17) is 4.74 Å². The van der Waals surface area contributed by atoms with Gasteiger partial charge in [-0.1, -0.05) is 6.07 Å². The summed E-state index contributed by atoms with van der Waals surface area (Å²) >= 11 is 3.29. The fraction of sp³-hybridized carbons (Fsp3) is 0.143. The first-order chi connectivity index (χ1) is 9.01. The van der Waals surface area contributed by atoms with Gasteiger partial charge in [-0.2, -0.15) is 0 Å². The minimum atomic E-state index is -1.10. The summed E-state index contributed by atoms with van der Waals surface area (Å²) in [6.45, 7) is 0. The van der Waals surface area contributed by atoms with Gasteiger partial charge >= 0.3 is 0 Å². The molecule has 0 aromatic heterocycles. The first-order valence-corrected chi connectivity index (χ1v) is 6.28. The predicted molar refractivity (Wildman–Crippen MR) is 71.1 cm³/mol. The van der Waals surface area contributed by atoms with Crippen molar-refractivity contribution in [2.24, 2.45) is 0 Å². The highest BCUT2D eigenvalue weighted by molar-refractivity contribution is 9.10. The molecule has 2 nitrogen and oxygen atoms in total. The van der Waals surface area contributed by atoms with Crippen molar-refractivity contribution in [1.82, 2.24) is 0 Å². The minimum absolute atomic E-state index is 0.162. The molecule has 1 unspecified atom stereocenters. The van der Waals surface area contributed by atoms with Crippen molar-refractivity contribution >= 4 is 15.9 Å². The van der Waals surface area contributed by atoms with Crippen LogP contribution in [0.3, 0.4) is 0 Å². The van der Waals surface area contributed by atoms with Crippen LogP contribution < -0.4 is 4.74 Å². The lowest BCUT2D eigenvalue weighted by Crippen LogP contribution is -2.01. The van der Waals surface area contributed by atoms with Crippen LogP contribution in [0, 0.1) is 11.6 Å². The van der Waals surface area contributed by atoms with Crippen LogP contribution in [0.15, 0.2) is 40.9 Å². The zero-order chi connectivity index (χ0) is 14.0. The summed E-state index contributed by atoms with van der Waals surface area (Å²) < 4.78 is 32.0. The zero-order valence-electron chi connectivity index (χ0n) is 10.0. The summed E-state index contributed by atoms with van der Waals surface area (Å²) in [6, 6.07) is 7.92. The van der Waals surface area contributed by atoms with Crippen molar-refractivity contribution in [2.75, 3.05) is 7.11 Å². The van der Waals surface area contributed by atoms with Gasteiger partial charge in [0.15, 0.2) is 0 Å². The Morgan fingerprint density at radius 3 is 2.21 bits per heavy atom. The Morgan fingerprint density at radius 2 is 1.68 bits per heavy atom. The van der Waals surface area contributed by atoms with Gasteiger partial charge in [0.2, 0.25) is 0 Å². The molecule has 5 heteroatoms. The SMILES string of the molecule is COc1ccc(C(O)c2cc(F)cc(F)c2)cc1Br. The maximum atomic E-state index is 13.1. The van der Waals surface area contributed by atoms with Crippen LogP contribution in [-0.2, 0) is 0 Å². The molecule has 0 saturated carbocycles. The lowest BCUT2D eigenvalue weighted by molar-refractivity contribution is 0.219. The molecule has 0 aliphatic rings. The van der Waals surface area contributed by atoms with E-state index >= 15 is 0 Å². The first kappa shape index (κ1) is 14.0. The molecule has 0 amide bonds. The van der Waals surface area contributed by atoms with E-state index in [9.17, 15) is 13.9 Å². The molecule has 0 fully saturated rings. The molecule has 0 radical (unpaired) electrons. The van der Waals surface area contributed by atoms with Crippen LogP contribution in [0.4, 0.5) is 8.78 Å². The van der Waals surface area contributed by atoms with Crippen molar-refractivity contribution in [3.8, 4) is 5.75 Å². The van der Waals surface area contributed by atoms with Gasteiger partial charge in [-0.05, 0) is 51.3 Å². The van der Waals surface area contributed by atoms with E-state index < -0.39 is 17.7 Å². The molecule has 0 saturated heterocycles. The molecule has 0 aliphatic carbocycles. The van der Waals surface area contributed by atoms with E-state index in [1.54, 1.807) is 18.2 Å². The van der Waals surface area contributed by atoms with Gasteiger partial charge in [-0.15, -0.1) is 0 Å². The third kappa shape index (κ3) is 3.11. The van der Waals surface area contributed by atoms with Gasteiger partial charge in [0.05, 0.1) is 11.6 Å². The maximum Gasteiger partial charge on any atom is 0.133 e. The molecular formula is C14H11BrF2O2. The van der Waals surface area contributed by atoms with E-state index in [0.717, 1.165) is 18.2 Å². The summed E-state index contributed by atoms with van der Waals surface area (Å²) in [6.07, 6.45) is -1.10. The van der Waals surface area contributed by atoms with Gasteiger partial charge in [0.25, 0.3) is 0 Å². The van der Waals surface area contributed by atoms with Crippen molar-refractivity contribution in [3.63, 3.8) is 0 Å². The van der Waals surface area contributed by atoms with Crippen molar-refractivity contribution < 1.29 is 18.6 Å². The summed E-state index contributed by atoms with van der Waals surface area (Å²) in [7, 11) is 1.53. The average molecular weight is 329 g/mol. The van der Waals surface area contributed by atoms with Crippen LogP contribution in [0.1, 0.15) is 17.2 Å². The maximum absolute atomic E-state index is 13.1. The first-order valence-electron chi connectivity index (χ1n) is 5.48. The summed E-state index contributed by atoms with van der Waals surface area (Å²) in [4.78, 5) is 0. The molecule has 100 valence electrons. The monoisotopic (exact) mass is 328 g/mol. The highest BCUT2D eigenvalue weighted by Gasteiger charge is 2.14. The standard InChI is InChI=1S/C14H11BrF2O2/c1-19-13-3-2-8(6-12(13)15)14(18)9-4-10(16)7-11(17)5-9/h2-7,14,18H,1H3. The van der Waals surface area contributed by atoms with Gasteiger partial charge in [0, 0.05) is 6.07 Å². The second kappa shape index (κ2) is 5.67. The predicted octanol–water partition coefficient (Wildman–Crippen LogP) is 3.82. The molecule has 2 aromatic carbocycles. The number of methoxy groups -OCH3 is 1. The number of ether oxygens (including phenoxy) is 1. The molecular weight excluding hydrogens is 318 g/mol. The number of aliphatic hydroxyl groups excluding tert-OH is 1. The Morgan fingerprint density at radius 1 is 1.05 bits per heavy atom. The smallest absolute Gasteiger partial charge is 0.133 e. The van der Waals surface area contributed by atoms with Crippen LogP contribution in [-0.4, -0.2) is 12.2 Å². The number of halogens is 3. The fourth-order valence-electron chi connectivity index (χ4n) is 1.78. The molecule has 0 spiro atoms. The number of hydrogen-bond acceptors (Lipinski definition) is 2. The Labute approximate surface area is 117 Å². The molecule has 2 rings (SSSR count). The third-order valence-corrected chi connectivity index (χ3v) is 3.31. The van der Waals surface area contributed by atoms with Gasteiger partial charge < -0.3 is 9.84 Å². The molecule has 0 aliphatic heterocycles. The Hall–Kier alpha value is -1.46. The van der Waals surface area contributed by atoms with Gasteiger partial charge in [-0.25, -0.2) is 8.78 Å². The number of aliphatic hydroxyl groups is 1. The third-order valence-electron chi connectivity index (χ3n) is 2.69. The van der Waals surface area contributed by atoms with E-state index in [2.05, 4.69) is 15.9 Å². The molecule has 1 atom stereocenters. The zero-order valence-corrected chi connectivity index (χ0v) is 11.6. The van der Waals surface area contributed by atoms with Crippen LogP contribution in [0.2, 0.25) is 0 Å². The Bertz CT molecular complexity index is 582. The van der Waals surface area contributed by atoms with E-state index in [0.29, 0.717) is 15.8 Å². The summed E-state index contributed by atoms with van der Waals surface area (Å²) in [5, 5.41) is 10.1. The molecule has 19 heavy (non-hydrogen) atoms. The second-order valence-electron chi connectivity index (χ2n) is 4.00. The largest absolute Gasteiger partial charge is 0.496 e. The summed E-state index contributed by atoms with van der Waals surface area (Å²) in [5.74, 6) is -0.829. The second-order valence-corrected chi connectivity index (χ2v) is 4.85. The lowest BCUT2D eigenvalue weighted by Gasteiger charge is -2.13. The van der Waals surface area contributed by atoms with E-state index in [-0.39, 0.29) is 5.56 Å². The highest BCUT2D eigenvalue weighted by Crippen LogP contribution is 2.30. The quantitative estimate of drug-likeness (QED) is 0.928. The minimum Gasteiger partial charge on any atom is -0.496 e. The number of hydrogen-bond donors (Lipinski definition) is 1. The normalized spacial score (nSPS) is 12.3. The van der Waals surface area contributed by atoms with E-state index in [1.165, 1.54) is 7.11 Å². The lowest BCUT2D eigenvalue weighted by atomic mass is 10.0. The van der Waals surface area contributed by atoms with E-state index in [1.807, 2.05) is 0 Å². The Balaban J connectivity index is 2.38. The molecule has 0 heterocycles.